The Kier molecular flexibility index (Phi) is 5.91. The number of aromatic nitrogens is 2. The molecule has 27 heavy (non-hydrogen) atoms. The van der Waals surface area contributed by atoms with Gasteiger partial charge in [-0.15, -0.1) is 11.3 Å². The average Bonchev–Trinajstić information content (AvgIpc) is 3.02. The fourth-order valence-corrected chi connectivity index (χ4v) is 4.08. The first kappa shape index (κ1) is 19.1. The molecule has 2 aromatic heterocycles. The van der Waals surface area contributed by atoms with Gasteiger partial charge in [0.25, 0.3) is 0 Å². The van der Waals surface area contributed by atoms with Gasteiger partial charge in [-0.05, 0) is 57.5 Å². The van der Waals surface area contributed by atoms with Gasteiger partial charge in [0.2, 0.25) is 0 Å². The van der Waals surface area contributed by atoms with Crippen molar-refractivity contribution in [2.45, 2.75) is 27.7 Å². The second-order valence-corrected chi connectivity index (χ2v) is 7.02. The lowest BCUT2D eigenvalue weighted by atomic mass is 10.2. The Morgan fingerprint density at radius 2 is 1.85 bits per heavy atom. The monoisotopic (exact) mass is 384 g/mol. The van der Waals surface area contributed by atoms with Crippen LogP contribution in [0.2, 0.25) is 0 Å². The summed E-state index contributed by atoms with van der Waals surface area (Å²) in [6, 6.07) is 8.27. The van der Waals surface area contributed by atoms with Crippen molar-refractivity contribution < 1.29 is 9.53 Å². The first-order chi connectivity index (χ1) is 13.1. The zero-order valence-corrected chi connectivity index (χ0v) is 16.9. The highest BCUT2D eigenvalue weighted by Gasteiger charge is 2.20. The minimum Gasteiger partial charge on any atom is -0.462 e. The molecular weight excluding hydrogens is 360 g/mol. The minimum atomic E-state index is -0.312. The molecule has 3 rings (SSSR count). The largest absolute Gasteiger partial charge is 0.462 e. The fourth-order valence-electron chi connectivity index (χ4n) is 3.04. The number of carbonyl (C=O) groups excluding carboxylic acids is 1. The molecule has 1 aromatic carbocycles. The van der Waals surface area contributed by atoms with Gasteiger partial charge in [0.05, 0.1) is 12.0 Å². The third-order valence-electron chi connectivity index (χ3n) is 4.45. The summed E-state index contributed by atoms with van der Waals surface area (Å²) in [7, 11) is 0. The van der Waals surface area contributed by atoms with Crippen LogP contribution >= 0.6 is 11.3 Å². The molecule has 3 aromatic rings. The summed E-state index contributed by atoms with van der Waals surface area (Å²) in [6.45, 7) is 10.3. The third-order valence-corrected chi connectivity index (χ3v) is 5.63. The van der Waals surface area contributed by atoms with Crippen molar-refractivity contribution in [3.8, 4) is 0 Å². The Bertz CT molecular complexity index is 933. The normalized spacial score (nSPS) is 10.8. The number of thiophene rings is 1. The molecule has 0 aliphatic rings. The van der Waals surface area contributed by atoms with E-state index < -0.39 is 0 Å². The van der Waals surface area contributed by atoms with E-state index in [-0.39, 0.29) is 5.97 Å². The molecule has 0 bridgehead atoms. The fraction of sp³-hybridized carbons (Fsp3) is 0.350. The maximum absolute atomic E-state index is 12.2. The first-order valence-corrected chi connectivity index (χ1v) is 9.93. The molecule has 0 aliphatic carbocycles. The predicted octanol–water partition coefficient (Wildman–Crippen LogP) is 4.77. The molecule has 0 unspecified atom stereocenters. The number of hydrogen-bond donors (Lipinski definition) is 1. The number of hydrogen-bond acceptors (Lipinski definition) is 7. The third kappa shape index (κ3) is 3.88. The van der Waals surface area contributed by atoms with Crippen molar-refractivity contribution in [1.29, 1.82) is 0 Å². The predicted molar refractivity (Wildman–Crippen MR) is 111 cm³/mol. The van der Waals surface area contributed by atoms with Crippen LogP contribution in [-0.2, 0) is 4.74 Å². The van der Waals surface area contributed by atoms with Gasteiger partial charge >= 0.3 is 5.97 Å². The van der Waals surface area contributed by atoms with E-state index in [9.17, 15) is 4.79 Å². The molecule has 142 valence electrons. The van der Waals surface area contributed by atoms with E-state index >= 15 is 0 Å². The summed E-state index contributed by atoms with van der Waals surface area (Å²) >= 11 is 1.34. The van der Waals surface area contributed by atoms with Gasteiger partial charge in [-0.25, -0.2) is 14.8 Å². The van der Waals surface area contributed by atoms with Crippen molar-refractivity contribution in [2.24, 2.45) is 0 Å². The van der Waals surface area contributed by atoms with E-state index in [0.29, 0.717) is 17.3 Å². The van der Waals surface area contributed by atoms with Crippen LogP contribution in [0.1, 0.15) is 36.0 Å². The molecule has 2 heterocycles. The number of fused-ring (bicyclic) bond motifs is 1. The van der Waals surface area contributed by atoms with Gasteiger partial charge in [-0.3, -0.25) is 0 Å². The highest BCUT2D eigenvalue weighted by atomic mass is 32.1. The van der Waals surface area contributed by atoms with Gasteiger partial charge in [0.1, 0.15) is 21.9 Å². The van der Waals surface area contributed by atoms with E-state index in [1.165, 1.54) is 23.4 Å². The highest BCUT2D eigenvalue weighted by Crippen LogP contribution is 2.35. The van der Waals surface area contributed by atoms with Gasteiger partial charge in [-0.1, -0.05) is 0 Å². The molecule has 0 amide bonds. The van der Waals surface area contributed by atoms with Crippen LogP contribution in [0.4, 0.5) is 17.2 Å². The average molecular weight is 385 g/mol. The Labute approximate surface area is 163 Å². The van der Waals surface area contributed by atoms with Crippen LogP contribution in [0.5, 0.6) is 0 Å². The smallest absolute Gasteiger partial charge is 0.348 e. The van der Waals surface area contributed by atoms with E-state index in [1.54, 1.807) is 6.92 Å². The lowest BCUT2D eigenvalue weighted by Crippen LogP contribution is -2.21. The molecule has 0 spiro atoms. The molecule has 7 heteroatoms. The Morgan fingerprint density at radius 1 is 1.15 bits per heavy atom. The second-order valence-electron chi connectivity index (χ2n) is 6.02. The minimum absolute atomic E-state index is 0.312. The van der Waals surface area contributed by atoms with Gasteiger partial charge in [-0.2, -0.15) is 0 Å². The van der Waals surface area contributed by atoms with E-state index in [0.717, 1.165) is 34.6 Å². The molecule has 0 fully saturated rings. The molecule has 6 nitrogen and oxygen atoms in total. The van der Waals surface area contributed by atoms with Gasteiger partial charge < -0.3 is 15.0 Å². The van der Waals surface area contributed by atoms with Crippen LogP contribution in [0.15, 0.2) is 30.6 Å². The van der Waals surface area contributed by atoms with Crippen LogP contribution in [0.25, 0.3) is 10.2 Å². The number of carbonyl (C=O) groups is 1. The Morgan fingerprint density at radius 3 is 2.48 bits per heavy atom. The van der Waals surface area contributed by atoms with Gasteiger partial charge in [0, 0.05) is 24.5 Å². The molecular formula is C20H24N4O2S. The van der Waals surface area contributed by atoms with Crippen molar-refractivity contribution in [2.75, 3.05) is 29.9 Å². The highest BCUT2D eigenvalue weighted by molar-refractivity contribution is 7.20. The maximum atomic E-state index is 12.2. The Balaban J connectivity index is 1.92. The number of rotatable bonds is 7. The van der Waals surface area contributed by atoms with Crippen molar-refractivity contribution in [3.63, 3.8) is 0 Å². The molecule has 0 radical (unpaired) electrons. The van der Waals surface area contributed by atoms with Crippen LogP contribution < -0.4 is 10.2 Å². The van der Waals surface area contributed by atoms with E-state index in [2.05, 4.69) is 46.2 Å². The number of nitrogens with zero attached hydrogens (tertiary/aromatic N) is 3. The zero-order chi connectivity index (χ0) is 19.4. The lowest BCUT2D eigenvalue weighted by Gasteiger charge is -2.21. The molecule has 0 aliphatic heterocycles. The van der Waals surface area contributed by atoms with Crippen molar-refractivity contribution in [3.05, 3.63) is 41.0 Å². The summed E-state index contributed by atoms with van der Waals surface area (Å²) in [5.41, 5.74) is 2.97. The molecule has 1 N–H and O–H groups in total. The van der Waals surface area contributed by atoms with Crippen molar-refractivity contribution >= 4 is 44.7 Å². The summed E-state index contributed by atoms with van der Waals surface area (Å²) in [5, 5.41) is 4.22. The number of esters is 1. The SMILES string of the molecule is CCOC(=O)c1sc2ncnc(Nc3ccc(N(CC)CC)cc3)c2c1C. The lowest BCUT2D eigenvalue weighted by molar-refractivity contribution is 0.0531. The van der Waals surface area contributed by atoms with Gasteiger partial charge in [0.15, 0.2) is 0 Å². The topological polar surface area (TPSA) is 67.3 Å². The number of aryl methyl sites for hydroxylation is 1. The maximum Gasteiger partial charge on any atom is 0.348 e. The second kappa shape index (κ2) is 8.35. The van der Waals surface area contributed by atoms with Crippen LogP contribution in [0.3, 0.4) is 0 Å². The zero-order valence-electron chi connectivity index (χ0n) is 16.1. The summed E-state index contributed by atoms with van der Waals surface area (Å²) in [4.78, 5) is 24.5. The van der Waals surface area contributed by atoms with E-state index in [1.807, 2.05) is 19.1 Å². The summed E-state index contributed by atoms with van der Waals surface area (Å²) in [5.74, 6) is 0.382. The Hall–Kier alpha value is -2.67. The number of benzene rings is 1. The summed E-state index contributed by atoms with van der Waals surface area (Å²) < 4.78 is 5.15. The number of nitrogens with one attached hydrogen (secondary N) is 1. The van der Waals surface area contributed by atoms with Crippen LogP contribution in [0, 0.1) is 6.92 Å². The van der Waals surface area contributed by atoms with Crippen molar-refractivity contribution in [1.82, 2.24) is 9.97 Å². The number of ether oxygens (including phenoxy) is 1. The summed E-state index contributed by atoms with van der Waals surface area (Å²) in [6.07, 6.45) is 1.51. The first-order valence-electron chi connectivity index (χ1n) is 9.12. The quantitative estimate of drug-likeness (QED) is 0.592. The molecule has 0 saturated carbocycles. The standard InChI is InChI=1S/C20H24N4O2S/c1-5-24(6-2)15-10-8-14(9-11-15)23-18-16-13(4)17(20(25)26-7-3)27-19(16)22-12-21-18/h8-12H,5-7H2,1-4H3,(H,21,22,23). The molecule has 0 atom stereocenters. The number of anilines is 3. The van der Waals surface area contributed by atoms with Crippen LogP contribution in [-0.4, -0.2) is 35.6 Å². The molecule has 0 saturated heterocycles. The van der Waals surface area contributed by atoms with E-state index in [4.69, 9.17) is 4.74 Å².